The summed E-state index contributed by atoms with van der Waals surface area (Å²) in [5.74, 6) is 0.800. The molecule has 7 heteroatoms. The van der Waals surface area contributed by atoms with Crippen molar-refractivity contribution in [1.82, 2.24) is 19.8 Å². The number of likely N-dealkylation sites (tertiary alicyclic amines) is 1. The number of ether oxygens (including phenoxy) is 1. The summed E-state index contributed by atoms with van der Waals surface area (Å²) in [5.41, 5.74) is 2.03. The van der Waals surface area contributed by atoms with Crippen LogP contribution in [0.2, 0.25) is 0 Å². The third-order valence-corrected chi connectivity index (χ3v) is 4.97. The molecule has 1 saturated heterocycles. The maximum absolute atomic E-state index is 12.7. The smallest absolute Gasteiger partial charge is 0.225 e. The zero-order valence-electron chi connectivity index (χ0n) is 15.9. The second-order valence-corrected chi connectivity index (χ2v) is 6.76. The maximum Gasteiger partial charge on any atom is 0.225 e. The lowest BCUT2D eigenvalue weighted by Gasteiger charge is -2.31. The number of amides is 2. The molecule has 0 bridgehead atoms. The Kier molecular flexibility index (Phi) is 6.24. The first-order valence-corrected chi connectivity index (χ1v) is 9.22. The average molecular weight is 370 g/mol. The zero-order valence-corrected chi connectivity index (χ0v) is 15.9. The van der Waals surface area contributed by atoms with E-state index in [1.807, 2.05) is 42.0 Å². The van der Waals surface area contributed by atoms with E-state index in [1.54, 1.807) is 18.2 Å². The molecular weight excluding hydrogens is 344 g/mol. The number of aryl methyl sites for hydroxylation is 1. The number of nitrogens with zero attached hydrogens (tertiary/aromatic N) is 3. The Labute approximate surface area is 159 Å². The Hall–Kier alpha value is -2.67. The summed E-state index contributed by atoms with van der Waals surface area (Å²) in [4.78, 5) is 30.6. The highest BCUT2D eigenvalue weighted by atomic mass is 16.5. The molecule has 0 aliphatic carbocycles. The molecule has 1 unspecified atom stereocenters. The summed E-state index contributed by atoms with van der Waals surface area (Å²) in [6, 6.07) is 7.95. The predicted molar refractivity (Wildman–Crippen MR) is 101 cm³/mol. The third kappa shape index (κ3) is 4.54. The number of nitrogens with one attached hydrogen (secondary N) is 1. The van der Waals surface area contributed by atoms with Crippen LogP contribution in [-0.4, -0.2) is 53.1 Å². The Morgan fingerprint density at radius 2 is 2.19 bits per heavy atom. The monoisotopic (exact) mass is 370 g/mol. The summed E-state index contributed by atoms with van der Waals surface area (Å²) >= 11 is 0. The number of rotatable bonds is 7. The number of imidazole rings is 1. The van der Waals surface area contributed by atoms with Gasteiger partial charge in [-0.2, -0.15) is 0 Å². The summed E-state index contributed by atoms with van der Waals surface area (Å²) in [7, 11) is 1.61. The number of para-hydroxylation sites is 1. The molecule has 1 aromatic heterocycles. The van der Waals surface area contributed by atoms with Crippen molar-refractivity contribution in [3.05, 3.63) is 48.0 Å². The van der Waals surface area contributed by atoms with Crippen LogP contribution in [0.15, 0.2) is 36.7 Å². The first-order chi connectivity index (χ1) is 13.1. The number of carbonyl (C=O) groups excluding carboxylic acids is 2. The predicted octanol–water partition coefficient (Wildman–Crippen LogP) is 1.68. The minimum atomic E-state index is -0.179. The topological polar surface area (TPSA) is 76.5 Å². The highest BCUT2D eigenvalue weighted by Gasteiger charge is 2.29. The van der Waals surface area contributed by atoms with Gasteiger partial charge in [-0.1, -0.05) is 18.2 Å². The zero-order chi connectivity index (χ0) is 19.2. The molecule has 0 radical (unpaired) electrons. The van der Waals surface area contributed by atoms with Crippen molar-refractivity contribution in [2.75, 3.05) is 26.8 Å². The number of methoxy groups -OCH3 is 1. The van der Waals surface area contributed by atoms with Gasteiger partial charge in [-0.25, -0.2) is 4.98 Å². The van der Waals surface area contributed by atoms with Gasteiger partial charge in [0.25, 0.3) is 0 Å². The van der Waals surface area contributed by atoms with Crippen molar-refractivity contribution < 1.29 is 14.3 Å². The minimum absolute atomic E-state index is 0.0120. The summed E-state index contributed by atoms with van der Waals surface area (Å²) in [5, 5.41) is 3.04. The number of hydrogen-bond donors (Lipinski definition) is 1. The van der Waals surface area contributed by atoms with E-state index in [9.17, 15) is 9.59 Å². The maximum atomic E-state index is 12.7. The second-order valence-electron chi connectivity index (χ2n) is 6.76. The standard InChI is InChI=1S/C20H26N4O3/c1-15-21-9-10-24(15)18-6-4-3-5-16(18)13-22-20(26)17-7-8-19(25)23(14-17)11-12-27-2/h3-6,9-10,17H,7-8,11-14H2,1-2H3,(H,22,26). The van der Waals surface area contributed by atoms with Crippen molar-refractivity contribution in [2.45, 2.75) is 26.3 Å². The summed E-state index contributed by atoms with van der Waals surface area (Å²) in [6.45, 7) is 3.86. The lowest BCUT2D eigenvalue weighted by Crippen LogP contribution is -2.46. The van der Waals surface area contributed by atoms with Gasteiger partial charge in [-0.3, -0.25) is 9.59 Å². The third-order valence-electron chi connectivity index (χ3n) is 4.97. The molecule has 1 aliphatic heterocycles. The molecule has 2 amide bonds. The van der Waals surface area contributed by atoms with Crippen LogP contribution in [0.1, 0.15) is 24.2 Å². The van der Waals surface area contributed by atoms with E-state index >= 15 is 0 Å². The molecule has 0 saturated carbocycles. The molecule has 2 heterocycles. The fraction of sp³-hybridized carbons (Fsp3) is 0.450. The van der Waals surface area contributed by atoms with Crippen LogP contribution in [-0.2, 0) is 20.9 Å². The molecule has 2 aromatic rings. The first kappa shape index (κ1) is 19.1. The Balaban J connectivity index is 1.63. The first-order valence-electron chi connectivity index (χ1n) is 9.22. The van der Waals surface area contributed by atoms with E-state index in [-0.39, 0.29) is 17.7 Å². The second kappa shape index (κ2) is 8.81. The molecule has 1 fully saturated rings. The van der Waals surface area contributed by atoms with E-state index in [4.69, 9.17) is 4.74 Å². The number of carbonyl (C=O) groups is 2. The average Bonchev–Trinajstić information content (AvgIpc) is 3.11. The lowest BCUT2D eigenvalue weighted by atomic mass is 9.96. The number of hydrogen-bond acceptors (Lipinski definition) is 4. The largest absolute Gasteiger partial charge is 0.383 e. The van der Waals surface area contributed by atoms with Crippen LogP contribution in [0.25, 0.3) is 5.69 Å². The van der Waals surface area contributed by atoms with Crippen molar-refractivity contribution in [3.8, 4) is 5.69 Å². The van der Waals surface area contributed by atoms with E-state index in [2.05, 4.69) is 10.3 Å². The minimum Gasteiger partial charge on any atom is -0.383 e. The quantitative estimate of drug-likeness (QED) is 0.805. The van der Waals surface area contributed by atoms with Crippen molar-refractivity contribution in [1.29, 1.82) is 0 Å². The molecule has 1 aromatic carbocycles. The van der Waals surface area contributed by atoms with Gasteiger partial charge in [0.05, 0.1) is 18.2 Å². The van der Waals surface area contributed by atoms with Crippen molar-refractivity contribution in [3.63, 3.8) is 0 Å². The highest BCUT2D eigenvalue weighted by Crippen LogP contribution is 2.19. The molecule has 1 atom stereocenters. The fourth-order valence-corrected chi connectivity index (χ4v) is 3.40. The van der Waals surface area contributed by atoms with E-state index in [0.29, 0.717) is 39.1 Å². The Morgan fingerprint density at radius 3 is 2.93 bits per heavy atom. The number of benzene rings is 1. The SMILES string of the molecule is COCCN1CC(C(=O)NCc2ccccc2-n2ccnc2C)CCC1=O. The molecule has 1 N–H and O–H groups in total. The van der Waals surface area contributed by atoms with Gasteiger partial charge in [0.1, 0.15) is 5.82 Å². The van der Waals surface area contributed by atoms with Gasteiger partial charge in [0.15, 0.2) is 0 Å². The normalized spacial score (nSPS) is 17.2. The van der Waals surface area contributed by atoms with Crippen LogP contribution >= 0.6 is 0 Å². The van der Waals surface area contributed by atoms with Crippen molar-refractivity contribution >= 4 is 11.8 Å². The van der Waals surface area contributed by atoms with E-state index in [1.165, 1.54) is 0 Å². The van der Waals surface area contributed by atoms with Gasteiger partial charge in [0, 0.05) is 45.6 Å². The highest BCUT2D eigenvalue weighted by molar-refractivity contribution is 5.83. The van der Waals surface area contributed by atoms with Gasteiger partial charge in [0.2, 0.25) is 11.8 Å². The van der Waals surface area contributed by atoms with Gasteiger partial charge in [-0.05, 0) is 25.0 Å². The molecule has 3 rings (SSSR count). The number of aromatic nitrogens is 2. The van der Waals surface area contributed by atoms with Crippen LogP contribution in [0.3, 0.4) is 0 Å². The molecule has 7 nitrogen and oxygen atoms in total. The molecule has 1 aliphatic rings. The van der Waals surface area contributed by atoms with Crippen molar-refractivity contribution in [2.24, 2.45) is 5.92 Å². The summed E-state index contributed by atoms with van der Waals surface area (Å²) in [6.07, 6.45) is 4.68. The lowest BCUT2D eigenvalue weighted by molar-refractivity contribution is -0.138. The number of piperidine rings is 1. The van der Waals surface area contributed by atoms with Crippen LogP contribution in [0.5, 0.6) is 0 Å². The van der Waals surface area contributed by atoms with Crippen LogP contribution in [0, 0.1) is 12.8 Å². The molecule has 144 valence electrons. The molecular formula is C20H26N4O3. The molecule has 27 heavy (non-hydrogen) atoms. The van der Waals surface area contributed by atoms with Gasteiger partial charge >= 0.3 is 0 Å². The molecule has 0 spiro atoms. The van der Waals surface area contributed by atoms with E-state index in [0.717, 1.165) is 17.1 Å². The van der Waals surface area contributed by atoms with Crippen LogP contribution in [0.4, 0.5) is 0 Å². The van der Waals surface area contributed by atoms with Gasteiger partial charge < -0.3 is 19.5 Å². The van der Waals surface area contributed by atoms with Crippen LogP contribution < -0.4 is 5.32 Å². The fourth-order valence-electron chi connectivity index (χ4n) is 3.40. The van der Waals surface area contributed by atoms with Gasteiger partial charge in [-0.15, -0.1) is 0 Å². The summed E-state index contributed by atoms with van der Waals surface area (Å²) < 4.78 is 7.06. The Bertz CT molecular complexity index is 802. The Morgan fingerprint density at radius 1 is 1.37 bits per heavy atom. The van der Waals surface area contributed by atoms with E-state index < -0.39 is 0 Å².